The van der Waals surface area contributed by atoms with Crippen molar-refractivity contribution in [2.75, 3.05) is 31.1 Å². The fourth-order valence-electron chi connectivity index (χ4n) is 10.7. The van der Waals surface area contributed by atoms with E-state index in [4.69, 9.17) is 9.51 Å². The van der Waals surface area contributed by atoms with E-state index in [1.165, 1.54) is 62.9 Å². The van der Waals surface area contributed by atoms with E-state index in [0.29, 0.717) is 36.0 Å². The van der Waals surface area contributed by atoms with Gasteiger partial charge in [0.25, 0.3) is 0 Å². The Morgan fingerprint density at radius 1 is 0.921 bits per heavy atom. The summed E-state index contributed by atoms with van der Waals surface area (Å²) in [6, 6.07) is 22.0. The van der Waals surface area contributed by atoms with E-state index < -0.39 is 5.91 Å². The summed E-state index contributed by atoms with van der Waals surface area (Å²) in [4.78, 5) is 59.6. The van der Waals surface area contributed by atoms with Crippen molar-refractivity contribution in [3.8, 4) is 11.3 Å². The third-order valence-electron chi connectivity index (χ3n) is 14.7. The smallest absolute Gasteiger partial charge is 0.315 e. The molecule has 4 aliphatic rings. The molecular weight excluding hydrogens is 791 g/mol. The third-order valence-corrected chi connectivity index (χ3v) is 14.7. The van der Waals surface area contributed by atoms with E-state index in [-0.39, 0.29) is 35.1 Å². The number of amides is 3. The summed E-state index contributed by atoms with van der Waals surface area (Å²) < 4.78 is 5.27. The number of carbonyl (C=O) groups excluding carboxylic acids is 3. The highest BCUT2D eigenvalue weighted by atomic mass is 16.5. The number of aromatic amines is 1. The lowest BCUT2D eigenvalue weighted by Gasteiger charge is -2.51. The first-order valence-electron chi connectivity index (χ1n) is 22.8. The highest BCUT2D eigenvalue weighted by molar-refractivity contribution is 6.12. The van der Waals surface area contributed by atoms with Crippen molar-refractivity contribution in [3.05, 3.63) is 101 Å². The molecule has 3 aromatic heterocycles. The highest BCUT2D eigenvalue weighted by Crippen LogP contribution is 2.47. The van der Waals surface area contributed by atoms with Gasteiger partial charge in [-0.15, -0.1) is 0 Å². The largest absolute Gasteiger partial charge is 0.371 e. The van der Waals surface area contributed by atoms with Gasteiger partial charge in [0.05, 0.1) is 23.0 Å². The number of nitrogens with one attached hydrogen (secondary N) is 3. The Bertz CT molecular complexity index is 2710. The van der Waals surface area contributed by atoms with Crippen molar-refractivity contribution in [1.82, 2.24) is 40.6 Å². The third kappa shape index (κ3) is 7.89. The summed E-state index contributed by atoms with van der Waals surface area (Å²) in [6.07, 6.45) is 10.0. The fraction of sp³-hybridized carbons (Fsp3) is 0.460. The van der Waals surface area contributed by atoms with Gasteiger partial charge in [-0.25, -0.2) is 9.97 Å². The number of benzene rings is 3. The molecule has 3 aliphatic heterocycles. The van der Waals surface area contributed by atoms with Gasteiger partial charge < -0.3 is 24.6 Å². The van der Waals surface area contributed by atoms with Gasteiger partial charge in [-0.3, -0.25) is 19.7 Å². The molecule has 3 amide bonds. The number of H-pyrrole nitrogens is 1. The number of nitrogens with zero attached hydrogens (tertiary/aromatic N) is 6. The number of hydrogen-bond acceptors (Lipinski definition) is 10. The zero-order valence-electron chi connectivity index (χ0n) is 37.0. The van der Waals surface area contributed by atoms with Crippen LogP contribution in [0.3, 0.4) is 0 Å². The van der Waals surface area contributed by atoms with Crippen LogP contribution in [0.15, 0.2) is 71.5 Å². The molecule has 13 heteroatoms. The van der Waals surface area contributed by atoms with Gasteiger partial charge in [0.2, 0.25) is 11.8 Å². The molecular formula is C50H57N9O4. The summed E-state index contributed by atoms with van der Waals surface area (Å²) in [5.41, 5.74) is 9.49. The van der Waals surface area contributed by atoms with E-state index in [1.54, 1.807) is 6.33 Å². The maximum absolute atomic E-state index is 13.0. The predicted octanol–water partition coefficient (Wildman–Crippen LogP) is 8.41. The molecule has 1 spiro atoms. The van der Waals surface area contributed by atoms with Crippen molar-refractivity contribution in [3.63, 3.8) is 0 Å². The van der Waals surface area contributed by atoms with Gasteiger partial charge in [0.1, 0.15) is 12.0 Å². The number of aromatic nitrogens is 5. The van der Waals surface area contributed by atoms with Gasteiger partial charge in [0.15, 0.2) is 5.82 Å². The van der Waals surface area contributed by atoms with Crippen LogP contribution in [0.5, 0.6) is 0 Å². The number of imide groups is 1. The standard InChI is InChI=1S/C50H57N9O4/c1-29-24-33(10-12-37(29)30(2)53-46(62)47-56-48(57-63-47)49(3,4)5)43-42-39-13-11-35(27-40(39)54-44(42)52-28-51-43)58-20-16-50(17-21-58)18-22-59(23-19-50)36-25-34(26-36)31-6-8-32(9-7-31)38-14-15-41(60)55-45(38)61/h6-13,24,27-28,30,34,36,38H,14-23,25-26H2,1-5H3,(H,53,62)(H,51,52,54)(H,55,60,61)/t30-,34?,36?,38-/m1/s1. The molecule has 0 bridgehead atoms. The molecule has 4 fully saturated rings. The maximum atomic E-state index is 13.0. The average molecular weight is 848 g/mol. The Hall–Kier alpha value is -5.95. The molecule has 326 valence electrons. The van der Waals surface area contributed by atoms with Crippen LogP contribution in [0.2, 0.25) is 0 Å². The van der Waals surface area contributed by atoms with Gasteiger partial charge in [-0.2, -0.15) is 4.98 Å². The van der Waals surface area contributed by atoms with Crippen LogP contribution in [0.4, 0.5) is 5.69 Å². The zero-order valence-corrected chi connectivity index (χ0v) is 37.0. The Balaban J connectivity index is 0.745. The molecule has 0 radical (unpaired) electrons. The number of aryl methyl sites for hydroxylation is 1. The number of hydrogen-bond donors (Lipinski definition) is 3. The van der Waals surface area contributed by atoms with Crippen LogP contribution in [-0.4, -0.2) is 79.9 Å². The quantitative estimate of drug-likeness (QED) is 0.127. The molecule has 13 nitrogen and oxygen atoms in total. The summed E-state index contributed by atoms with van der Waals surface area (Å²) in [5.74, 6) is 0.0827. The summed E-state index contributed by atoms with van der Waals surface area (Å²) in [5, 5.41) is 11.6. The Kier molecular flexibility index (Phi) is 10.4. The number of likely N-dealkylation sites (tertiary alicyclic amines) is 1. The van der Waals surface area contributed by atoms with Gasteiger partial charge in [0, 0.05) is 53.1 Å². The van der Waals surface area contributed by atoms with Crippen LogP contribution in [0, 0.1) is 12.3 Å². The molecule has 2 atom stereocenters. The lowest BCUT2D eigenvalue weighted by Crippen LogP contribution is -2.52. The van der Waals surface area contributed by atoms with E-state index in [9.17, 15) is 14.4 Å². The summed E-state index contributed by atoms with van der Waals surface area (Å²) >= 11 is 0. The van der Waals surface area contributed by atoms with Crippen molar-refractivity contribution in [2.45, 2.75) is 115 Å². The lowest BCUT2D eigenvalue weighted by atomic mass is 9.69. The topological polar surface area (TPSA) is 162 Å². The second kappa shape index (κ2) is 16.0. The first-order valence-corrected chi connectivity index (χ1v) is 22.8. The molecule has 63 heavy (non-hydrogen) atoms. The first-order chi connectivity index (χ1) is 30.3. The molecule has 0 unspecified atom stereocenters. The Morgan fingerprint density at radius 3 is 2.35 bits per heavy atom. The van der Waals surface area contributed by atoms with Crippen LogP contribution >= 0.6 is 0 Å². The van der Waals surface area contributed by atoms with E-state index in [1.807, 2.05) is 27.7 Å². The molecule has 1 saturated carbocycles. The molecule has 3 saturated heterocycles. The van der Waals surface area contributed by atoms with Gasteiger partial charge in [-0.05, 0) is 124 Å². The summed E-state index contributed by atoms with van der Waals surface area (Å²) in [6.45, 7) is 14.4. The van der Waals surface area contributed by atoms with Crippen molar-refractivity contribution in [1.29, 1.82) is 0 Å². The highest BCUT2D eigenvalue weighted by Gasteiger charge is 2.42. The Labute approximate surface area is 367 Å². The lowest BCUT2D eigenvalue weighted by molar-refractivity contribution is -0.134. The number of piperidine rings is 3. The molecule has 6 aromatic rings. The zero-order chi connectivity index (χ0) is 43.6. The van der Waals surface area contributed by atoms with E-state index in [2.05, 4.69) is 108 Å². The van der Waals surface area contributed by atoms with Crippen LogP contribution < -0.4 is 15.5 Å². The molecule has 1 aliphatic carbocycles. The number of fused-ring (bicyclic) bond motifs is 3. The Morgan fingerprint density at radius 2 is 1.65 bits per heavy atom. The minimum absolute atomic E-state index is 0.0392. The molecule has 6 heterocycles. The molecule has 3 aromatic carbocycles. The van der Waals surface area contributed by atoms with E-state index in [0.717, 1.165) is 63.0 Å². The van der Waals surface area contributed by atoms with Gasteiger partial charge in [-0.1, -0.05) is 68.4 Å². The fourth-order valence-corrected chi connectivity index (χ4v) is 10.7. The van der Waals surface area contributed by atoms with E-state index >= 15 is 0 Å². The minimum atomic E-state index is -0.399. The normalized spacial score (nSPS) is 22.3. The van der Waals surface area contributed by atoms with Crippen LogP contribution in [-0.2, 0) is 15.0 Å². The summed E-state index contributed by atoms with van der Waals surface area (Å²) in [7, 11) is 0. The number of rotatable bonds is 8. The van der Waals surface area contributed by atoms with Crippen molar-refractivity contribution < 1.29 is 18.9 Å². The monoisotopic (exact) mass is 847 g/mol. The average Bonchev–Trinajstić information content (AvgIpc) is 3.91. The number of carbonyl (C=O) groups is 3. The first kappa shape index (κ1) is 41.1. The minimum Gasteiger partial charge on any atom is -0.371 e. The van der Waals surface area contributed by atoms with Gasteiger partial charge >= 0.3 is 11.8 Å². The van der Waals surface area contributed by atoms with Crippen molar-refractivity contribution >= 4 is 45.3 Å². The molecule has 3 N–H and O–H groups in total. The second-order valence-corrected chi connectivity index (χ2v) is 19.8. The molecule has 10 rings (SSSR count). The van der Waals surface area contributed by atoms with Crippen LogP contribution in [0.1, 0.15) is 136 Å². The van der Waals surface area contributed by atoms with Crippen molar-refractivity contribution in [2.24, 2.45) is 5.41 Å². The SMILES string of the molecule is Cc1cc(-c2ncnc3[nH]c4cc(N5CCC6(CC5)CCN(C5CC(c7ccc([C@H]8CCC(=O)NC8=O)cc7)C5)CC6)ccc4c23)ccc1[C@@H](C)NC(=O)c1nc(C(C)(C)C)no1. The van der Waals surface area contributed by atoms with Crippen LogP contribution in [0.25, 0.3) is 33.2 Å². The predicted molar refractivity (Wildman–Crippen MR) is 242 cm³/mol. The second-order valence-electron chi connectivity index (χ2n) is 19.8. The number of anilines is 1. The maximum Gasteiger partial charge on any atom is 0.315 e.